The average Bonchev–Trinajstić information content (AvgIpc) is 1.86. The van der Waals surface area contributed by atoms with Gasteiger partial charge in [-0.05, 0) is 51.6 Å². The molecule has 4 heteroatoms. The molecule has 0 heterocycles. The molecular weight excluding hydrogens is 481 g/mol. The van der Waals surface area contributed by atoms with Crippen molar-refractivity contribution in [2.45, 2.75) is 38.1 Å². The van der Waals surface area contributed by atoms with Crippen LogP contribution in [-0.4, -0.2) is 10.6 Å². The number of unbranched alkanes of at least 4 members (excludes halogenated alkanes) is 2. The monoisotopic (exact) mass is 494 g/mol. The first-order valence-corrected chi connectivity index (χ1v) is 7.13. The highest BCUT2D eigenvalue weighted by molar-refractivity contribution is 14.2. The van der Waals surface area contributed by atoms with Crippen molar-refractivity contribution in [2.75, 3.05) is 0 Å². The zero-order chi connectivity index (χ0) is 8.91. The fourth-order valence-electron chi connectivity index (χ4n) is 0.747. The van der Waals surface area contributed by atoms with E-state index in [0.29, 0.717) is 3.92 Å². The van der Waals surface area contributed by atoms with Crippen LogP contribution in [0.25, 0.3) is 0 Å². The van der Waals surface area contributed by atoms with Crippen molar-refractivity contribution in [1.29, 1.82) is 0 Å². The third kappa shape index (κ3) is 7.24. The lowest BCUT2D eigenvalue weighted by Crippen LogP contribution is -2.23. The van der Waals surface area contributed by atoms with E-state index in [2.05, 4.69) is 74.7 Å². The number of rotatable bonds is 5. The lowest BCUT2D eigenvalue weighted by atomic mass is 10.2. The molecule has 0 bridgehead atoms. The molecule has 0 aromatic heterocycles. The lowest BCUT2D eigenvalue weighted by molar-refractivity contribution is 0.259. The zero-order valence-corrected chi connectivity index (χ0v) is 13.0. The summed E-state index contributed by atoms with van der Waals surface area (Å²) in [6, 6.07) is 0. The minimum atomic E-state index is -0.566. The van der Waals surface area contributed by atoms with Crippen LogP contribution >= 0.6 is 67.8 Å². The van der Waals surface area contributed by atoms with Gasteiger partial charge >= 0.3 is 0 Å². The van der Waals surface area contributed by atoms with Crippen LogP contribution < -0.4 is 0 Å². The second-order valence-electron chi connectivity index (χ2n) is 2.55. The summed E-state index contributed by atoms with van der Waals surface area (Å²) >= 11 is 6.50. The van der Waals surface area contributed by atoms with E-state index >= 15 is 0 Å². The highest BCUT2D eigenvalue weighted by Crippen LogP contribution is 2.35. The largest absolute Gasteiger partial charge is 0.370 e. The van der Waals surface area contributed by atoms with Crippen LogP contribution in [0.15, 0.2) is 0 Å². The molecule has 0 saturated heterocycles. The van der Waals surface area contributed by atoms with Crippen LogP contribution in [0, 0.1) is 0 Å². The molecule has 11 heavy (non-hydrogen) atoms. The predicted molar refractivity (Wildman–Crippen MR) is 74.9 cm³/mol. The molecule has 0 aliphatic carbocycles. The molecule has 0 spiro atoms. The summed E-state index contributed by atoms with van der Waals surface area (Å²) in [5.74, 6) is 0. The van der Waals surface area contributed by atoms with Crippen LogP contribution in [0.4, 0.5) is 0 Å². The van der Waals surface area contributed by atoms with Gasteiger partial charge in [-0.2, -0.15) is 0 Å². The molecule has 68 valence electrons. The van der Waals surface area contributed by atoms with Crippen LogP contribution in [-0.2, 0) is 0 Å². The fourth-order valence-corrected chi connectivity index (χ4v) is 1.81. The maximum Gasteiger partial charge on any atom is 0.178 e. The Hall–Kier alpha value is 2.15. The minimum absolute atomic E-state index is 0.368. The Balaban J connectivity index is 3.44. The Morgan fingerprint density at radius 1 is 1.36 bits per heavy atom. The standard InChI is InChI=1S/C7H13I3O/c1-2-3-4-5-6(8)7(9,10)11/h6,11H,2-5H2,1H3. The molecule has 1 nitrogen and oxygen atoms in total. The first kappa shape index (κ1) is 13.2. The Bertz CT molecular complexity index is 100. The molecule has 1 atom stereocenters. The lowest BCUT2D eigenvalue weighted by Gasteiger charge is -2.19. The highest BCUT2D eigenvalue weighted by atomic mass is 127. The fraction of sp³-hybridized carbons (Fsp3) is 1.00. The first-order valence-electron chi connectivity index (χ1n) is 3.72. The van der Waals surface area contributed by atoms with Crippen LogP contribution in [0.3, 0.4) is 0 Å². The summed E-state index contributed by atoms with van der Waals surface area (Å²) in [7, 11) is 0. The first-order chi connectivity index (χ1) is 4.98. The molecular formula is C7H13I3O. The van der Waals surface area contributed by atoms with E-state index in [1.165, 1.54) is 19.3 Å². The maximum absolute atomic E-state index is 9.55. The van der Waals surface area contributed by atoms with Gasteiger partial charge in [-0.3, -0.25) is 0 Å². The van der Waals surface area contributed by atoms with Crippen molar-refractivity contribution in [3.05, 3.63) is 0 Å². The Kier molecular flexibility index (Phi) is 7.87. The van der Waals surface area contributed by atoms with E-state index in [4.69, 9.17) is 0 Å². The van der Waals surface area contributed by atoms with Crippen LogP contribution in [0.5, 0.6) is 0 Å². The van der Waals surface area contributed by atoms with Crippen molar-refractivity contribution in [2.24, 2.45) is 0 Å². The summed E-state index contributed by atoms with van der Waals surface area (Å²) in [6.07, 6.45) is 4.89. The van der Waals surface area contributed by atoms with E-state index in [-0.39, 0.29) is 0 Å². The van der Waals surface area contributed by atoms with Gasteiger partial charge in [-0.1, -0.05) is 48.8 Å². The van der Waals surface area contributed by atoms with Crippen molar-refractivity contribution in [3.63, 3.8) is 0 Å². The average molecular weight is 494 g/mol. The van der Waals surface area contributed by atoms with Gasteiger partial charge in [-0.15, -0.1) is 0 Å². The minimum Gasteiger partial charge on any atom is -0.370 e. The molecule has 1 N–H and O–H groups in total. The Labute approximate surface area is 110 Å². The number of hydrogen-bond acceptors (Lipinski definition) is 1. The quantitative estimate of drug-likeness (QED) is 0.350. The summed E-state index contributed by atoms with van der Waals surface area (Å²) in [6.45, 7) is 2.20. The van der Waals surface area contributed by atoms with E-state index < -0.39 is 1.61 Å². The molecule has 1 unspecified atom stereocenters. The molecule has 0 aliphatic heterocycles. The van der Waals surface area contributed by atoms with Gasteiger partial charge in [0.1, 0.15) is 0 Å². The van der Waals surface area contributed by atoms with Gasteiger partial charge in [0.05, 0.1) is 3.92 Å². The van der Waals surface area contributed by atoms with E-state index in [1.807, 2.05) is 0 Å². The molecule has 0 radical (unpaired) electrons. The Morgan fingerprint density at radius 2 is 1.91 bits per heavy atom. The maximum atomic E-state index is 9.55. The summed E-state index contributed by atoms with van der Waals surface area (Å²) in [5, 5.41) is 9.55. The highest BCUT2D eigenvalue weighted by Gasteiger charge is 2.27. The van der Waals surface area contributed by atoms with Crippen LogP contribution in [0.1, 0.15) is 32.6 Å². The number of alkyl halides is 3. The molecule has 0 aliphatic rings. The van der Waals surface area contributed by atoms with Crippen molar-refractivity contribution < 1.29 is 5.11 Å². The molecule has 0 rings (SSSR count). The molecule has 0 saturated carbocycles. The summed E-state index contributed by atoms with van der Waals surface area (Å²) < 4.78 is -0.197. The zero-order valence-electron chi connectivity index (χ0n) is 6.49. The van der Waals surface area contributed by atoms with Crippen molar-refractivity contribution >= 4 is 67.8 Å². The third-order valence-electron chi connectivity index (χ3n) is 1.44. The van der Waals surface area contributed by atoms with E-state index in [9.17, 15) is 5.11 Å². The normalized spacial score (nSPS) is 15.0. The summed E-state index contributed by atoms with van der Waals surface area (Å²) in [4.78, 5) is 0. The molecule has 0 aromatic rings. The Morgan fingerprint density at radius 3 is 2.27 bits per heavy atom. The number of hydrogen-bond donors (Lipinski definition) is 1. The molecule has 0 amide bonds. The van der Waals surface area contributed by atoms with Crippen molar-refractivity contribution in [1.82, 2.24) is 0 Å². The van der Waals surface area contributed by atoms with E-state index in [1.54, 1.807) is 0 Å². The van der Waals surface area contributed by atoms with Gasteiger partial charge in [0, 0.05) is 0 Å². The number of halogens is 3. The predicted octanol–water partition coefficient (Wildman–Crippen LogP) is 3.89. The van der Waals surface area contributed by atoms with Gasteiger partial charge < -0.3 is 5.11 Å². The van der Waals surface area contributed by atoms with Crippen LogP contribution in [0.2, 0.25) is 0 Å². The van der Waals surface area contributed by atoms with E-state index in [0.717, 1.165) is 6.42 Å². The van der Waals surface area contributed by atoms with Gasteiger partial charge in [-0.25, -0.2) is 0 Å². The molecule has 0 fully saturated rings. The second kappa shape index (κ2) is 6.58. The number of aliphatic hydroxyl groups is 1. The summed E-state index contributed by atoms with van der Waals surface area (Å²) in [5.41, 5.74) is 0. The smallest absolute Gasteiger partial charge is 0.178 e. The topological polar surface area (TPSA) is 20.2 Å². The van der Waals surface area contributed by atoms with Crippen molar-refractivity contribution in [3.8, 4) is 0 Å². The third-order valence-corrected chi connectivity index (χ3v) is 6.85. The van der Waals surface area contributed by atoms with Gasteiger partial charge in [0.15, 0.2) is 1.61 Å². The van der Waals surface area contributed by atoms with Gasteiger partial charge in [0.2, 0.25) is 0 Å². The second-order valence-corrected chi connectivity index (χ2v) is 9.41. The molecule has 0 aromatic carbocycles. The SMILES string of the molecule is CCCCCC(I)C(O)(I)I. The van der Waals surface area contributed by atoms with Gasteiger partial charge in [0.25, 0.3) is 0 Å².